The van der Waals surface area contributed by atoms with Gasteiger partial charge in [0.05, 0.1) is 12.2 Å². The highest BCUT2D eigenvalue weighted by Gasteiger charge is 2.18. The van der Waals surface area contributed by atoms with Crippen LogP contribution in [0.5, 0.6) is 0 Å². The number of hydrogen-bond donors (Lipinski definition) is 2. The van der Waals surface area contributed by atoms with E-state index in [4.69, 9.17) is 5.73 Å². The first kappa shape index (κ1) is 17.1. The van der Waals surface area contributed by atoms with Crippen LogP contribution in [0.1, 0.15) is 21.6 Å². The van der Waals surface area contributed by atoms with E-state index in [1.807, 2.05) is 19.1 Å². The van der Waals surface area contributed by atoms with Crippen LogP contribution in [0, 0.1) is 12.7 Å². The molecular formula is C17H15BrFN5O. The fourth-order valence-electron chi connectivity index (χ4n) is 2.26. The molecule has 0 aliphatic carbocycles. The number of hydrogen-bond acceptors (Lipinski definition) is 4. The van der Waals surface area contributed by atoms with Crippen LogP contribution in [0.15, 0.2) is 46.9 Å². The molecule has 0 unspecified atom stereocenters. The summed E-state index contributed by atoms with van der Waals surface area (Å²) >= 11 is 3.40. The van der Waals surface area contributed by atoms with Gasteiger partial charge in [-0.2, -0.15) is 0 Å². The predicted octanol–water partition coefficient (Wildman–Crippen LogP) is 3.37. The molecule has 3 rings (SSSR count). The number of aryl methyl sites for hydroxylation is 1. The van der Waals surface area contributed by atoms with E-state index >= 15 is 0 Å². The molecule has 0 saturated heterocycles. The minimum Gasteiger partial charge on any atom is -0.382 e. The summed E-state index contributed by atoms with van der Waals surface area (Å²) in [6.45, 7) is 2.25. The third kappa shape index (κ3) is 3.85. The Bertz CT molecular complexity index is 923. The Hall–Kier alpha value is -2.74. The zero-order valence-electron chi connectivity index (χ0n) is 13.3. The van der Waals surface area contributed by atoms with Crippen LogP contribution < -0.4 is 11.1 Å². The van der Waals surface area contributed by atoms with Crippen molar-refractivity contribution >= 4 is 33.3 Å². The number of nitrogen functional groups attached to an aromatic ring is 1. The zero-order chi connectivity index (χ0) is 18.0. The minimum absolute atomic E-state index is 0.0367. The van der Waals surface area contributed by atoms with Crippen molar-refractivity contribution in [2.45, 2.75) is 13.5 Å². The number of aromatic nitrogens is 3. The first-order chi connectivity index (χ1) is 11.9. The molecule has 0 fully saturated rings. The maximum Gasteiger partial charge on any atom is 0.280 e. The lowest BCUT2D eigenvalue weighted by molar-refractivity contribution is 0.102. The largest absolute Gasteiger partial charge is 0.382 e. The summed E-state index contributed by atoms with van der Waals surface area (Å²) in [6.07, 6.45) is 0. The van der Waals surface area contributed by atoms with Gasteiger partial charge in [0.15, 0.2) is 11.5 Å². The molecule has 3 N–H and O–H groups in total. The number of carbonyl (C=O) groups excluding carboxylic acids is 1. The van der Waals surface area contributed by atoms with Crippen molar-refractivity contribution in [2.75, 3.05) is 11.1 Å². The third-order valence-corrected chi connectivity index (χ3v) is 4.26. The molecule has 6 nitrogen and oxygen atoms in total. The van der Waals surface area contributed by atoms with Crippen LogP contribution >= 0.6 is 15.9 Å². The molecule has 0 atom stereocenters. The standard InChI is InChI=1S/C17H15BrFN5O/c1-10-2-7-14(13(18)8-10)21-17(25)15-16(20)24(23-22-15)9-11-3-5-12(19)6-4-11/h2-8H,9,20H2,1H3,(H,21,25). The Labute approximate surface area is 152 Å². The monoisotopic (exact) mass is 403 g/mol. The molecule has 1 heterocycles. The number of halogens is 2. The van der Waals surface area contributed by atoms with E-state index in [2.05, 4.69) is 31.6 Å². The molecule has 3 aromatic rings. The maximum absolute atomic E-state index is 13.0. The van der Waals surface area contributed by atoms with Gasteiger partial charge in [0.2, 0.25) is 0 Å². The Morgan fingerprint density at radius 1 is 1.28 bits per heavy atom. The molecule has 0 aliphatic heterocycles. The summed E-state index contributed by atoms with van der Waals surface area (Å²) in [5.74, 6) is -0.628. The van der Waals surface area contributed by atoms with Crippen molar-refractivity contribution in [3.63, 3.8) is 0 Å². The van der Waals surface area contributed by atoms with Crippen molar-refractivity contribution < 1.29 is 9.18 Å². The molecule has 8 heteroatoms. The number of nitrogens with one attached hydrogen (secondary N) is 1. The molecule has 25 heavy (non-hydrogen) atoms. The Balaban J connectivity index is 1.77. The number of nitrogens with two attached hydrogens (primary N) is 1. The number of benzene rings is 2. The molecule has 1 aromatic heterocycles. The third-order valence-electron chi connectivity index (χ3n) is 3.61. The van der Waals surface area contributed by atoms with Gasteiger partial charge in [0, 0.05) is 4.47 Å². The van der Waals surface area contributed by atoms with E-state index in [1.54, 1.807) is 18.2 Å². The number of rotatable bonds is 4. The van der Waals surface area contributed by atoms with Gasteiger partial charge in [-0.15, -0.1) is 5.10 Å². The van der Waals surface area contributed by atoms with Crippen molar-refractivity contribution in [3.8, 4) is 0 Å². The Kier molecular flexibility index (Phi) is 4.80. The number of carbonyl (C=O) groups is 1. The minimum atomic E-state index is -0.451. The van der Waals surface area contributed by atoms with Crippen LogP contribution in [-0.2, 0) is 6.54 Å². The normalized spacial score (nSPS) is 10.7. The second-order valence-corrected chi connectivity index (χ2v) is 6.40. The van der Waals surface area contributed by atoms with E-state index in [-0.39, 0.29) is 17.3 Å². The smallest absolute Gasteiger partial charge is 0.280 e. The number of amides is 1. The second kappa shape index (κ2) is 7.02. The molecular weight excluding hydrogens is 389 g/mol. The van der Waals surface area contributed by atoms with Gasteiger partial charge in [0.25, 0.3) is 5.91 Å². The highest BCUT2D eigenvalue weighted by molar-refractivity contribution is 9.10. The number of nitrogens with zero attached hydrogens (tertiary/aromatic N) is 3. The first-order valence-electron chi connectivity index (χ1n) is 7.45. The van der Waals surface area contributed by atoms with Crippen LogP contribution in [0.3, 0.4) is 0 Å². The summed E-state index contributed by atoms with van der Waals surface area (Å²) < 4.78 is 15.1. The van der Waals surface area contributed by atoms with E-state index < -0.39 is 5.91 Å². The maximum atomic E-state index is 13.0. The molecule has 0 spiro atoms. The predicted molar refractivity (Wildman–Crippen MR) is 96.8 cm³/mol. The highest BCUT2D eigenvalue weighted by Crippen LogP contribution is 2.24. The molecule has 0 saturated carbocycles. The SMILES string of the molecule is Cc1ccc(NC(=O)c2nnn(Cc3ccc(F)cc3)c2N)c(Br)c1. The van der Waals surface area contributed by atoms with Gasteiger partial charge in [-0.25, -0.2) is 9.07 Å². The van der Waals surface area contributed by atoms with E-state index in [0.717, 1.165) is 15.6 Å². The van der Waals surface area contributed by atoms with Gasteiger partial charge in [0.1, 0.15) is 5.82 Å². The summed E-state index contributed by atoms with van der Waals surface area (Å²) in [5.41, 5.74) is 8.50. The van der Waals surface area contributed by atoms with Crippen LogP contribution in [0.4, 0.5) is 15.9 Å². The lowest BCUT2D eigenvalue weighted by atomic mass is 10.2. The van der Waals surface area contributed by atoms with E-state index in [1.165, 1.54) is 16.8 Å². The molecule has 0 bridgehead atoms. The van der Waals surface area contributed by atoms with Gasteiger partial charge in [-0.05, 0) is 58.2 Å². The van der Waals surface area contributed by atoms with Crippen LogP contribution in [0.25, 0.3) is 0 Å². The Morgan fingerprint density at radius 2 is 2.00 bits per heavy atom. The van der Waals surface area contributed by atoms with Gasteiger partial charge < -0.3 is 11.1 Å². The van der Waals surface area contributed by atoms with E-state index in [0.29, 0.717) is 12.2 Å². The van der Waals surface area contributed by atoms with Crippen LogP contribution in [-0.4, -0.2) is 20.9 Å². The highest BCUT2D eigenvalue weighted by atomic mass is 79.9. The summed E-state index contributed by atoms with van der Waals surface area (Å²) in [4.78, 5) is 12.4. The van der Waals surface area contributed by atoms with Gasteiger partial charge >= 0.3 is 0 Å². The van der Waals surface area contributed by atoms with Gasteiger partial charge in [-0.1, -0.05) is 23.4 Å². The summed E-state index contributed by atoms with van der Waals surface area (Å²) in [7, 11) is 0. The van der Waals surface area contributed by atoms with Crippen molar-refractivity contribution in [1.29, 1.82) is 0 Å². The molecule has 0 radical (unpaired) electrons. The lowest BCUT2D eigenvalue weighted by Crippen LogP contribution is -2.15. The zero-order valence-corrected chi connectivity index (χ0v) is 14.9. The fraction of sp³-hybridized carbons (Fsp3) is 0.118. The van der Waals surface area contributed by atoms with E-state index in [9.17, 15) is 9.18 Å². The fourth-order valence-corrected chi connectivity index (χ4v) is 2.86. The summed E-state index contributed by atoms with van der Waals surface area (Å²) in [6, 6.07) is 11.5. The average molecular weight is 404 g/mol. The van der Waals surface area contributed by atoms with Crippen LogP contribution in [0.2, 0.25) is 0 Å². The topological polar surface area (TPSA) is 85.8 Å². The van der Waals surface area contributed by atoms with Crippen molar-refractivity contribution in [2.24, 2.45) is 0 Å². The van der Waals surface area contributed by atoms with Gasteiger partial charge in [-0.3, -0.25) is 4.79 Å². The molecule has 2 aromatic carbocycles. The lowest BCUT2D eigenvalue weighted by Gasteiger charge is -2.07. The molecule has 1 amide bonds. The van der Waals surface area contributed by atoms with Crippen molar-refractivity contribution in [3.05, 3.63) is 69.6 Å². The first-order valence-corrected chi connectivity index (χ1v) is 8.24. The summed E-state index contributed by atoms with van der Waals surface area (Å²) in [5, 5.41) is 10.5. The second-order valence-electron chi connectivity index (χ2n) is 5.54. The Morgan fingerprint density at radius 3 is 2.68 bits per heavy atom. The quantitative estimate of drug-likeness (QED) is 0.698. The van der Waals surface area contributed by atoms with Crippen molar-refractivity contribution in [1.82, 2.24) is 15.0 Å². The molecule has 0 aliphatic rings. The average Bonchev–Trinajstić information content (AvgIpc) is 2.93. The molecule has 128 valence electrons. The number of anilines is 2.